The largest absolute Gasteiger partial charge is 0.497 e. The van der Waals surface area contributed by atoms with Gasteiger partial charge in [0.2, 0.25) is 0 Å². The van der Waals surface area contributed by atoms with Gasteiger partial charge in [0.15, 0.2) is 0 Å². The summed E-state index contributed by atoms with van der Waals surface area (Å²) in [7, 11) is 1.58. The van der Waals surface area contributed by atoms with E-state index in [1.54, 1.807) is 20.1 Å². The Kier molecular flexibility index (Phi) is 4.24. The second kappa shape index (κ2) is 6.09. The Morgan fingerprint density at radius 1 is 1.40 bits per heavy atom. The van der Waals surface area contributed by atoms with Crippen LogP contribution in [0, 0.1) is 6.92 Å². The molecule has 2 heterocycles. The number of nitrogens with zero attached hydrogens (tertiary/aromatic N) is 5. The highest BCUT2D eigenvalue weighted by molar-refractivity contribution is 5.85. The quantitative estimate of drug-likeness (QED) is 0.739. The Hall–Kier alpha value is -2.51. The lowest BCUT2D eigenvalue weighted by atomic mass is 10.3. The molecule has 0 bridgehead atoms. The van der Waals surface area contributed by atoms with Crippen LogP contribution in [0.15, 0.2) is 12.1 Å². The van der Waals surface area contributed by atoms with Crippen molar-refractivity contribution >= 4 is 5.97 Å². The first kappa shape index (κ1) is 13.9. The van der Waals surface area contributed by atoms with E-state index in [2.05, 4.69) is 20.5 Å². The van der Waals surface area contributed by atoms with E-state index >= 15 is 0 Å². The molecule has 0 spiro atoms. The molecule has 8 heteroatoms. The Morgan fingerprint density at radius 3 is 2.90 bits per heavy atom. The van der Waals surface area contributed by atoms with Crippen LogP contribution in [0.5, 0.6) is 5.75 Å². The fourth-order valence-corrected chi connectivity index (χ4v) is 1.71. The molecule has 0 fully saturated rings. The summed E-state index contributed by atoms with van der Waals surface area (Å²) in [6.45, 7) is 4.11. The minimum atomic E-state index is -0.558. The molecule has 8 nitrogen and oxygen atoms in total. The number of esters is 1. The van der Waals surface area contributed by atoms with Gasteiger partial charge in [-0.25, -0.2) is 9.48 Å². The number of methoxy groups -OCH3 is 1. The van der Waals surface area contributed by atoms with Crippen LogP contribution >= 0.6 is 0 Å². The van der Waals surface area contributed by atoms with Crippen LogP contribution in [0.25, 0.3) is 0 Å². The van der Waals surface area contributed by atoms with E-state index in [-0.39, 0.29) is 19.0 Å². The summed E-state index contributed by atoms with van der Waals surface area (Å²) in [4.78, 5) is 16.0. The Morgan fingerprint density at radius 2 is 2.20 bits per heavy atom. The van der Waals surface area contributed by atoms with Crippen molar-refractivity contribution in [2.45, 2.75) is 20.4 Å². The number of pyridine rings is 1. The lowest BCUT2D eigenvalue weighted by Gasteiger charge is -2.07. The van der Waals surface area contributed by atoms with E-state index in [1.165, 1.54) is 4.68 Å². The zero-order chi connectivity index (χ0) is 14.5. The third kappa shape index (κ3) is 3.08. The Balaban J connectivity index is 2.24. The molecule has 2 aromatic heterocycles. The summed E-state index contributed by atoms with van der Waals surface area (Å²) < 4.78 is 11.4. The number of rotatable bonds is 5. The van der Waals surface area contributed by atoms with Crippen molar-refractivity contribution in [2.75, 3.05) is 13.7 Å². The number of hydrogen-bond acceptors (Lipinski definition) is 7. The molecule has 0 N–H and O–H groups in total. The van der Waals surface area contributed by atoms with Crippen LogP contribution in [0.2, 0.25) is 0 Å². The second-order valence-corrected chi connectivity index (χ2v) is 4.02. The number of hydrogen-bond donors (Lipinski definition) is 0. The van der Waals surface area contributed by atoms with Gasteiger partial charge >= 0.3 is 5.97 Å². The molecule has 106 valence electrons. The minimum Gasteiger partial charge on any atom is -0.497 e. The van der Waals surface area contributed by atoms with Crippen molar-refractivity contribution in [3.05, 3.63) is 29.3 Å². The standard InChI is InChI=1S/C12H15N5O3/c1-4-20-12(18)11-14-15-16-17(11)7-9-6-10(19-3)5-8(2)13-9/h5-6H,4,7H2,1-3H3. The molecule has 2 aromatic rings. The number of aryl methyl sites for hydroxylation is 1. The van der Waals surface area contributed by atoms with Crippen molar-refractivity contribution < 1.29 is 14.3 Å². The predicted molar refractivity (Wildman–Crippen MR) is 68.4 cm³/mol. The molecule has 2 rings (SSSR count). The van der Waals surface area contributed by atoms with Gasteiger partial charge < -0.3 is 9.47 Å². The maximum Gasteiger partial charge on any atom is 0.378 e. The fourth-order valence-electron chi connectivity index (χ4n) is 1.71. The first-order chi connectivity index (χ1) is 9.63. The third-order valence-electron chi connectivity index (χ3n) is 2.52. The van der Waals surface area contributed by atoms with Gasteiger partial charge in [-0.2, -0.15) is 0 Å². The zero-order valence-corrected chi connectivity index (χ0v) is 11.5. The highest BCUT2D eigenvalue weighted by Crippen LogP contribution is 2.14. The highest BCUT2D eigenvalue weighted by Gasteiger charge is 2.17. The highest BCUT2D eigenvalue weighted by atomic mass is 16.5. The lowest BCUT2D eigenvalue weighted by Crippen LogP contribution is -2.16. The van der Waals surface area contributed by atoms with Crippen molar-refractivity contribution in [2.24, 2.45) is 0 Å². The fraction of sp³-hybridized carbons (Fsp3) is 0.417. The van der Waals surface area contributed by atoms with Crippen molar-refractivity contribution in [3.63, 3.8) is 0 Å². The molecule has 0 radical (unpaired) electrons. The molecule has 0 aliphatic rings. The topological polar surface area (TPSA) is 92.0 Å². The van der Waals surface area contributed by atoms with E-state index in [9.17, 15) is 4.79 Å². The van der Waals surface area contributed by atoms with E-state index in [1.807, 2.05) is 13.0 Å². The molecule has 20 heavy (non-hydrogen) atoms. The number of carbonyl (C=O) groups excluding carboxylic acids is 1. The summed E-state index contributed by atoms with van der Waals surface area (Å²) >= 11 is 0. The normalized spacial score (nSPS) is 10.3. The average Bonchev–Trinajstić information content (AvgIpc) is 2.86. The van der Waals surface area contributed by atoms with Gasteiger partial charge in [0.25, 0.3) is 5.82 Å². The number of carbonyl (C=O) groups is 1. The minimum absolute atomic E-state index is 0.0501. The Bertz CT molecular complexity index is 611. The number of tetrazole rings is 1. The van der Waals surface area contributed by atoms with E-state index < -0.39 is 5.97 Å². The molecule has 0 saturated heterocycles. The van der Waals surface area contributed by atoms with Gasteiger partial charge in [-0.3, -0.25) is 4.98 Å². The van der Waals surface area contributed by atoms with Crippen LogP contribution in [0.4, 0.5) is 0 Å². The molecule has 0 aliphatic heterocycles. The molecule has 0 aliphatic carbocycles. The molecular formula is C12H15N5O3. The monoisotopic (exact) mass is 277 g/mol. The number of ether oxygens (including phenoxy) is 2. The van der Waals surface area contributed by atoms with Crippen molar-refractivity contribution in [1.82, 2.24) is 25.2 Å². The van der Waals surface area contributed by atoms with E-state index in [0.717, 1.165) is 5.69 Å². The first-order valence-electron chi connectivity index (χ1n) is 6.09. The van der Waals surface area contributed by atoms with Gasteiger partial charge in [0, 0.05) is 17.8 Å². The SMILES string of the molecule is CCOC(=O)c1nnnn1Cc1cc(OC)cc(C)n1. The zero-order valence-electron chi connectivity index (χ0n) is 11.5. The van der Waals surface area contributed by atoms with Gasteiger partial charge in [0.1, 0.15) is 5.75 Å². The summed E-state index contributed by atoms with van der Waals surface area (Å²) in [5, 5.41) is 10.9. The van der Waals surface area contributed by atoms with Gasteiger partial charge in [-0.05, 0) is 24.3 Å². The second-order valence-electron chi connectivity index (χ2n) is 4.02. The first-order valence-corrected chi connectivity index (χ1v) is 6.09. The molecule has 0 saturated carbocycles. The molecule has 0 amide bonds. The van der Waals surface area contributed by atoms with Crippen LogP contribution < -0.4 is 4.74 Å². The molecule has 0 unspecified atom stereocenters. The summed E-state index contributed by atoms with van der Waals surface area (Å²) in [5.41, 5.74) is 1.50. The third-order valence-corrected chi connectivity index (χ3v) is 2.52. The lowest BCUT2D eigenvalue weighted by molar-refractivity contribution is 0.0505. The molecular weight excluding hydrogens is 262 g/mol. The maximum atomic E-state index is 11.7. The van der Waals surface area contributed by atoms with E-state index in [4.69, 9.17) is 9.47 Å². The van der Waals surface area contributed by atoms with Gasteiger partial charge in [-0.1, -0.05) is 0 Å². The maximum absolute atomic E-state index is 11.7. The van der Waals surface area contributed by atoms with Gasteiger partial charge in [0.05, 0.1) is 26.0 Å². The summed E-state index contributed by atoms with van der Waals surface area (Å²) in [6, 6.07) is 3.58. The summed E-state index contributed by atoms with van der Waals surface area (Å²) in [5.74, 6) is 0.185. The summed E-state index contributed by atoms with van der Waals surface area (Å²) in [6.07, 6.45) is 0. The van der Waals surface area contributed by atoms with Crippen LogP contribution in [-0.2, 0) is 11.3 Å². The van der Waals surface area contributed by atoms with Crippen molar-refractivity contribution in [3.8, 4) is 5.75 Å². The van der Waals surface area contributed by atoms with Gasteiger partial charge in [-0.15, -0.1) is 5.10 Å². The van der Waals surface area contributed by atoms with Crippen LogP contribution in [0.1, 0.15) is 28.9 Å². The number of aromatic nitrogens is 5. The Labute approximate surface area is 115 Å². The van der Waals surface area contributed by atoms with Crippen molar-refractivity contribution in [1.29, 1.82) is 0 Å². The predicted octanol–water partition coefficient (Wildman–Crippen LogP) is 0.610. The smallest absolute Gasteiger partial charge is 0.378 e. The molecule has 0 atom stereocenters. The van der Waals surface area contributed by atoms with Crippen LogP contribution in [0.3, 0.4) is 0 Å². The average molecular weight is 277 g/mol. The van der Waals surface area contributed by atoms with Crippen LogP contribution in [-0.4, -0.2) is 44.9 Å². The molecule has 0 aromatic carbocycles. The van der Waals surface area contributed by atoms with E-state index in [0.29, 0.717) is 11.4 Å².